The summed E-state index contributed by atoms with van der Waals surface area (Å²) in [5.74, 6) is -3.86. The average molecular weight is 257 g/mol. The maximum atomic E-state index is 13.6. The summed E-state index contributed by atoms with van der Waals surface area (Å²) in [6.07, 6.45) is 1.82. The number of nitro benzene ring substituents is 1. The Hall–Kier alpha value is -2.05. The number of benzene rings is 1. The summed E-state index contributed by atoms with van der Waals surface area (Å²) >= 11 is 0. The smallest absolute Gasteiger partial charge is 0.344 e. The van der Waals surface area contributed by atoms with E-state index in [1.807, 2.05) is 0 Å². The van der Waals surface area contributed by atoms with Crippen LogP contribution in [-0.4, -0.2) is 17.0 Å². The van der Waals surface area contributed by atoms with Crippen molar-refractivity contribution in [2.45, 2.75) is 25.4 Å². The molecule has 0 aliphatic heterocycles. The van der Waals surface area contributed by atoms with Gasteiger partial charge in [0.25, 0.3) is 0 Å². The molecule has 0 amide bonds. The van der Waals surface area contributed by atoms with Crippen molar-refractivity contribution in [3.05, 3.63) is 39.4 Å². The number of rotatable bonds is 3. The van der Waals surface area contributed by atoms with Crippen LogP contribution in [0.4, 0.5) is 14.5 Å². The molecule has 18 heavy (non-hydrogen) atoms. The second-order valence-electron chi connectivity index (χ2n) is 3.97. The first-order valence-corrected chi connectivity index (χ1v) is 5.34. The van der Waals surface area contributed by atoms with Gasteiger partial charge in [0, 0.05) is 6.07 Å². The topological polar surface area (TPSA) is 69.4 Å². The third-order valence-corrected chi connectivity index (χ3v) is 2.80. The van der Waals surface area contributed by atoms with E-state index in [1.54, 1.807) is 0 Å². The van der Waals surface area contributed by atoms with Crippen LogP contribution in [0.15, 0.2) is 12.1 Å². The lowest BCUT2D eigenvalue weighted by Crippen LogP contribution is -2.26. The fourth-order valence-corrected chi connectivity index (χ4v) is 1.57. The third-order valence-electron chi connectivity index (χ3n) is 2.80. The highest BCUT2D eigenvalue weighted by atomic mass is 19.1. The predicted octanol–water partition coefficient (Wildman–Crippen LogP) is 2.58. The van der Waals surface area contributed by atoms with Crippen LogP contribution in [0.2, 0.25) is 0 Å². The van der Waals surface area contributed by atoms with Gasteiger partial charge in [-0.3, -0.25) is 10.1 Å². The molecule has 7 heteroatoms. The second kappa shape index (κ2) is 4.67. The first-order valence-electron chi connectivity index (χ1n) is 5.34. The fourth-order valence-electron chi connectivity index (χ4n) is 1.57. The van der Waals surface area contributed by atoms with Crippen LogP contribution in [0, 0.1) is 21.7 Å². The first-order chi connectivity index (χ1) is 8.50. The molecule has 5 nitrogen and oxygen atoms in total. The van der Waals surface area contributed by atoms with Gasteiger partial charge in [0.15, 0.2) is 0 Å². The van der Waals surface area contributed by atoms with Gasteiger partial charge in [-0.25, -0.2) is 9.18 Å². The monoisotopic (exact) mass is 257 g/mol. The molecule has 1 aromatic rings. The highest BCUT2D eigenvalue weighted by molar-refractivity contribution is 5.91. The van der Waals surface area contributed by atoms with Crippen LogP contribution < -0.4 is 0 Å². The lowest BCUT2D eigenvalue weighted by molar-refractivity contribution is -0.387. The Labute approximate surface area is 101 Å². The summed E-state index contributed by atoms with van der Waals surface area (Å²) in [6.45, 7) is 0. The summed E-state index contributed by atoms with van der Waals surface area (Å²) in [4.78, 5) is 21.0. The number of carbonyl (C=O) groups is 1. The van der Waals surface area contributed by atoms with Gasteiger partial charge in [0.2, 0.25) is 5.82 Å². The normalized spacial score (nSPS) is 15.0. The van der Waals surface area contributed by atoms with Gasteiger partial charge < -0.3 is 4.74 Å². The zero-order valence-electron chi connectivity index (χ0n) is 9.19. The van der Waals surface area contributed by atoms with Gasteiger partial charge >= 0.3 is 11.7 Å². The van der Waals surface area contributed by atoms with Crippen LogP contribution >= 0.6 is 0 Å². The van der Waals surface area contributed by atoms with Crippen molar-refractivity contribution in [2.75, 3.05) is 0 Å². The van der Waals surface area contributed by atoms with E-state index in [4.69, 9.17) is 4.74 Å². The molecular weight excluding hydrogens is 248 g/mol. The van der Waals surface area contributed by atoms with Crippen LogP contribution in [-0.2, 0) is 4.74 Å². The number of nitrogens with zero attached hydrogens (tertiary/aromatic N) is 1. The van der Waals surface area contributed by atoms with Crippen molar-refractivity contribution >= 4 is 11.7 Å². The number of halogens is 2. The van der Waals surface area contributed by atoms with Gasteiger partial charge in [0.05, 0.1) is 4.92 Å². The Morgan fingerprint density at radius 3 is 2.56 bits per heavy atom. The number of carbonyl (C=O) groups excluding carboxylic acids is 1. The third kappa shape index (κ3) is 2.15. The largest absolute Gasteiger partial charge is 0.459 e. The van der Waals surface area contributed by atoms with Gasteiger partial charge in [0.1, 0.15) is 17.5 Å². The Balaban J connectivity index is 2.32. The highest BCUT2D eigenvalue weighted by Gasteiger charge is 2.30. The van der Waals surface area contributed by atoms with Crippen LogP contribution in [0.3, 0.4) is 0 Å². The Bertz CT molecular complexity index is 514. The minimum absolute atomic E-state index is 0.351. The van der Waals surface area contributed by atoms with Gasteiger partial charge in [-0.1, -0.05) is 0 Å². The number of nitro groups is 1. The van der Waals surface area contributed by atoms with Crippen molar-refractivity contribution in [1.29, 1.82) is 0 Å². The van der Waals surface area contributed by atoms with Crippen molar-refractivity contribution < 1.29 is 23.2 Å². The van der Waals surface area contributed by atoms with Gasteiger partial charge in [-0.05, 0) is 25.3 Å². The highest BCUT2D eigenvalue weighted by Crippen LogP contribution is 2.27. The minimum atomic E-state index is -1.50. The van der Waals surface area contributed by atoms with Crippen LogP contribution in [0.5, 0.6) is 0 Å². The lowest BCUT2D eigenvalue weighted by atomic mass is 9.96. The Morgan fingerprint density at radius 1 is 1.39 bits per heavy atom. The molecule has 0 heterocycles. The number of ether oxygens (including phenoxy) is 1. The van der Waals surface area contributed by atoms with Crippen molar-refractivity contribution in [3.8, 4) is 0 Å². The molecule has 1 fully saturated rings. The molecule has 1 aliphatic carbocycles. The quantitative estimate of drug-likeness (QED) is 0.474. The fraction of sp³-hybridized carbons (Fsp3) is 0.364. The van der Waals surface area contributed by atoms with E-state index in [1.165, 1.54) is 0 Å². The SMILES string of the molecule is O=C(OC1CCC1)c1c(F)ccc([N+](=O)[O-])c1F. The summed E-state index contributed by atoms with van der Waals surface area (Å²) < 4.78 is 31.8. The molecule has 1 saturated carbocycles. The zero-order valence-corrected chi connectivity index (χ0v) is 9.19. The first kappa shape index (κ1) is 12.4. The minimum Gasteiger partial charge on any atom is -0.459 e. The van der Waals surface area contributed by atoms with Crippen LogP contribution in [0.25, 0.3) is 0 Å². The molecule has 1 aromatic carbocycles. The van der Waals surface area contributed by atoms with E-state index in [0.29, 0.717) is 25.0 Å². The average Bonchev–Trinajstić information content (AvgIpc) is 2.23. The summed E-state index contributed by atoms with van der Waals surface area (Å²) in [7, 11) is 0. The van der Waals surface area contributed by atoms with Gasteiger partial charge in [-0.2, -0.15) is 4.39 Å². The Kier molecular flexibility index (Phi) is 3.22. The van der Waals surface area contributed by atoms with Gasteiger partial charge in [-0.15, -0.1) is 0 Å². The van der Waals surface area contributed by atoms with Crippen molar-refractivity contribution in [1.82, 2.24) is 0 Å². The maximum Gasteiger partial charge on any atom is 0.344 e. The van der Waals surface area contributed by atoms with E-state index < -0.39 is 33.8 Å². The Morgan fingerprint density at radius 2 is 2.06 bits per heavy atom. The predicted molar refractivity (Wildman–Crippen MR) is 56.1 cm³/mol. The molecule has 0 N–H and O–H groups in total. The molecule has 0 saturated heterocycles. The lowest BCUT2D eigenvalue weighted by Gasteiger charge is -2.25. The molecular formula is C11H9F2NO4. The van der Waals surface area contributed by atoms with Crippen molar-refractivity contribution in [3.63, 3.8) is 0 Å². The van der Waals surface area contributed by atoms with Crippen molar-refractivity contribution in [2.24, 2.45) is 0 Å². The molecule has 1 aliphatic rings. The van der Waals surface area contributed by atoms with E-state index >= 15 is 0 Å². The zero-order chi connectivity index (χ0) is 13.3. The van der Waals surface area contributed by atoms with E-state index in [-0.39, 0.29) is 6.10 Å². The molecule has 2 rings (SSSR count). The number of hydrogen-bond donors (Lipinski definition) is 0. The molecule has 0 aromatic heterocycles. The van der Waals surface area contributed by atoms with E-state index in [9.17, 15) is 23.7 Å². The molecule has 0 bridgehead atoms. The van der Waals surface area contributed by atoms with E-state index in [2.05, 4.69) is 0 Å². The standard InChI is InChI=1S/C11H9F2NO4/c12-7-4-5-8(14(16)17)10(13)9(7)11(15)18-6-2-1-3-6/h4-6H,1-3H2. The molecule has 0 spiro atoms. The number of hydrogen-bond acceptors (Lipinski definition) is 4. The molecule has 0 unspecified atom stereocenters. The molecule has 0 radical (unpaired) electrons. The second-order valence-corrected chi connectivity index (χ2v) is 3.97. The van der Waals surface area contributed by atoms with E-state index in [0.717, 1.165) is 6.42 Å². The maximum absolute atomic E-state index is 13.6. The number of esters is 1. The molecule has 0 atom stereocenters. The van der Waals surface area contributed by atoms with Crippen LogP contribution in [0.1, 0.15) is 29.6 Å². The molecule has 96 valence electrons. The summed E-state index contributed by atoms with van der Waals surface area (Å²) in [5.41, 5.74) is -1.95. The summed E-state index contributed by atoms with van der Waals surface area (Å²) in [5, 5.41) is 10.5. The summed E-state index contributed by atoms with van der Waals surface area (Å²) in [6, 6.07) is 1.35.